The highest BCUT2D eigenvalue weighted by Gasteiger charge is 2.19. The molecule has 0 amide bonds. The van der Waals surface area contributed by atoms with Crippen molar-refractivity contribution in [1.82, 2.24) is 5.32 Å². The molecule has 0 aliphatic rings. The third-order valence-electron chi connectivity index (χ3n) is 3.82. The normalized spacial score (nSPS) is 14.2. The lowest BCUT2D eigenvalue weighted by Crippen LogP contribution is -2.38. The Morgan fingerprint density at radius 2 is 1.85 bits per heavy atom. The van der Waals surface area contributed by atoms with E-state index in [4.69, 9.17) is 0 Å². The third-order valence-corrected chi connectivity index (χ3v) is 5.39. The SMILES string of the molecule is CCCNC(CCC)C(CC)SCc1ccccc1C. The van der Waals surface area contributed by atoms with Crippen LogP contribution in [0.2, 0.25) is 0 Å². The summed E-state index contributed by atoms with van der Waals surface area (Å²) >= 11 is 2.12. The van der Waals surface area contributed by atoms with Crippen LogP contribution < -0.4 is 5.32 Å². The van der Waals surface area contributed by atoms with Crippen molar-refractivity contribution in [2.24, 2.45) is 0 Å². The topological polar surface area (TPSA) is 12.0 Å². The van der Waals surface area contributed by atoms with E-state index in [1.165, 1.54) is 36.8 Å². The zero-order valence-corrected chi connectivity index (χ0v) is 14.4. The van der Waals surface area contributed by atoms with Crippen molar-refractivity contribution >= 4 is 11.8 Å². The molecule has 1 aromatic rings. The molecule has 0 aromatic heterocycles. The summed E-state index contributed by atoms with van der Waals surface area (Å²) in [6, 6.07) is 9.43. The molecule has 0 heterocycles. The van der Waals surface area contributed by atoms with Gasteiger partial charge >= 0.3 is 0 Å². The molecule has 0 radical (unpaired) electrons. The summed E-state index contributed by atoms with van der Waals surface area (Å²) < 4.78 is 0. The van der Waals surface area contributed by atoms with Crippen LogP contribution >= 0.6 is 11.8 Å². The Balaban J connectivity index is 2.57. The quantitative estimate of drug-likeness (QED) is 0.638. The molecular weight excluding hydrogens is 262 g/mol. The molecule has 2 unspecified atom stereocenters. The molecule has 114 valence electrons. The number of rotatable bonds is 10. The first kappa shape index (κ1) is 17.6. The molecule has 0 saturated carbocycles. The molecule has 1 aromatic carbocycles. The van der Waals surface area contributed by atoms with Gasteiger partial charge in [0.05, 0.1) is 0 Å². The van der Waals surface area contributed by atoms with Crippen LogP contribution in [0.4, 0.5) is 0 Å². The number of aryl methyl sites for hydroxylation is 1. The highest BCUT2D eigenvalue weighted by atomic mass is 32.2. The van der Waals surface area contributed by atoms with Gasteiger partial charge in [-0.2, -0.15) is 11.8 Å². The molecule has 0 bridgehead atoms. The number of hydrogen-bond acceptors (Lipinski definition) is 2. The summed E-state index contributed by atoms with van der Waals surface area (Å²) in [7, 11) is 0. The van der Waals surface area contributed by atoms with E-state index in [1.807, 2.05) is 0 Å². The maximum Gasteiger partial charge on any atom is 0.0201 e. The summed E-state index contributed by atoms with van der Waals surface area (Å²) in [6.45, 7) is 10.2. The molecule has 1 N–H and O–H groups in total. The second-order valence-electron chi connectivity index (χ2n) is 5.53. The summed E-state index contributed by atoms with van der Waals surface area (Å²) in [5.74, 6) is 1.14. The monoisotopic (exact) mass is 293 g/mol. The van der Waals surface area contributed by atoms with Gasteiger partial charge in [-0.25, -0.2) is 0 Å². The first-order valence-corrected chi connectivity index (χ1v) is 9.17. The van der Waals surface area contributed by atoms with Crippen molar-refractivity contribution < 1.29 is 0 Å². The van der Waals surface area contributed by atoms with Crippen molar-refractivity contribution in [2.75, 3.05) is 6.54 Å². The molecular formula is C18H31NS. The lowest BCUT2D eigenvalue weighted by molar-refractivity contribution is 0.454. The smallest absolute Gasteiger partial charge is 0.0201 e. The Morgan fingerprint density at radius 1 is 1.10 bits per heavy atom. The lowest BCUT2D eigenvalue weighted by atomic mass is 10.1. The molecule has 0 saturated heterocycles. The van der Waals surface area contributed by atoms with Gasteiger partial charge in [-0.3, -0.25) is 0 Å². The van der Waals surface area contributed by atoms with Crippen LogP contribution in [0.15, 0.2) is 24.3 Å². The molecule has 20 heavy (non-hydrogen) atoms. The maximum absolute atomic E-state index is 3.75. The number of nitrogens with one attached hydrogen (secondary N) is 1. The Hall–Kier alpha value is -0.470. The van der Waals surface area contributed by atoms with E-state index in [-0.39, 0.29) is 0 Å². The fourth-order valence-electron chi connectivity index (χ4n) is 2.55. The first-order valence-electron chi connectivity index (χ1n) is 8.12. The van der Waals surface area contributed by atoms with Gasteiger partial charge in [0.15, 0.2) is 0 Å². The van der Waals surface area contributed by atoms with Gasteiger partial charge in [-0.05, 0) is 43.9 Å². The first-order chi connectivity index (χ1) is 9.72. The minimum absolute atomic E-state index is 0.666. The second-order valence-corrected chi connectivity index (χ2v) is 6.76. The van der Waals surface area contributed by atoms with Gasteiger partial charge in [0.25, 0.3) is 0 Å². The van der Waals surface area contributed by atoms with Gasteiger partial charge in [0, 0.05) is 17.0 Å². The molecule has 1 nitrogen and oxygen atoms in total. The Labute approximate surface area is 129 Å². The molecule has 0 aliphatic carbocycles. The van der Waals surface area contributed by atoms with Crippen LogP contribution in [0.5, 0.6) is 0 Å². The van der Waals surface area contributed by atoms with Crippen molar-refractivity contribution in [3.8, 4) is 0 Å². The van der Waals surface area contributed by atoms with Gasteiger partial charge in [0.2, 0.25) is 0 Å². The van der Waals surface area contributed by atoms with Gasteiger partial charge in [-0.1, -0.05) is 51.5 Å². The average molecular weight is 294 g/mol. The van der Waals surface area contributed by atoms with Crippen LogP contribution in [0, 0.1) is 6.92 Å². The highest BCUT2D eigenvalue weighted by Crippen LogP contribution is 2.26. The summed E-state index contributed by atoms with van der Waals surface area (Å²) in [6.07, 6.45) is 5.03. The average Bonchev–Trinajstić information content (AvgIpc) is 2.46. The number of benzene rings is 1. The van der Waals surface area contributed by atoms with Crippen molar-refractivity contribution in [3.63, 3.8) is 0 Å². The predicted octanol–water partition coefficient (Wildman–Crippen LogP) is 5.18. The highest BCUT2D eigenvalue weighted by molar-refractivity contribution is 7.99. The maximum atomic E-state index is 3.75. The van der Waals surface area contributed by atoms with E-state index >= 15 is 0 Å². The summed E-state index contributed by atoms with van der Waals surface area (Å²) in [5.41, 5.74) is 2.91. The van der Waals surface area contributed by atoms with Crippen molar-refractivity contribution in [1.29, 1.82) is 0 Å². The summed E-state index contributed by atoms with van der Waals surface area (Å²) in [5, 5.41) is 4.47. The molecule has 0 spiro atoms. The van der Waals surface area contributed by atoms with Crippen LogP contribution in [0.1, 0.15) is 57.6 Å². The van der Waals surface area contributed by atoms with Gasteiger partial charge in [0.1, 0.15) is 0 Å². The van der Waals surface area contributed by atoms with Crippen molar-refractivity contribution in [2.45, 2.75) is 70.4 Å². The Kier molecular flexibility index (Phi) is 9.04. The zero-order chi connectivity index (χ0) is 14.8. The van der Waals surface area contributed by atoms with Gasteiger partial charge in [-0.15, -0.1) is 0 Å². The minimum Gasteiger partial charge on any atom is -0.313 e. The Morgan fingerprint density at radius 3 is 2.45 bits per heavy atom. The third kappa shape index (κ3) is 5.88. The molecule has 0 aliphatic heterocycles. The fraction of sp³-hybridized carbons (Fsp3) is 0.667. The Bertz CT molecular complexity index is 364. The number of hydrogen-bond donors (Lipinski definition) is 1. The van der Waals surface area contributed by atoms with Crippen LogP contribution in [-0.2, 0) is 5.75 Å². The standard InChI is InChI=1S/C18H31NS/c1-5-10-17(19-13-6-2)18(7-3)20-14-16-12-9-8-11-15(16)4/h8-9,11-12,17-19H,5-7,10,13-14H2,1-4H3. The fourth-order valence-corrected chi connectivity index (χ4v) is 3.97. The molecule has 1 rings (SSSR count). The van der Waals surface area contributed by atoms with Crippen molar-refractivity contribution in [3.05, 3.63) is 35.4 Å². The van der Waals surface area contributed by atoms with E-state index in [0.29, 0.717) is 6.04 Å². The predicted molar refractivity (Wildman–Crippen MR) is 93.5 cm³/mol. The van der Waals surface area contributed by atoms with E-state index in [1.54, 1.807) is 0 Å². The van der Waals surface area contributed by atoms with E-state index in [9.17, 15) is 0 Å². The van der Waals surface area contributed by atoms with Crippen LogP contribution in [0.3, 0.4) is 0 Å². The van der Waals surface area contributed by atoms with Gasteiger partial charge < -0.3 is 5.32 Å². The second kappa shape index (κ2) is 10.3. The minimum atomic E-state index is 0.666. The number of thioether (sulfide) groups is 1. The largest absolute Gasteiger partial charge is 0.313 e. The molecule has 2 heteroatoms. The van der Waals surface area contributed by atoms with Crippen LogP contribution in [-0.4, -0.2) is 17.8 Å². The van der Waals surface area contributed by atoms with Crippen LogP contribution in [0.25, 0.3) is 0 Å². The lowest BCUT2D eigenvalue weighted by Gasteiger charge is -2.27. The summed E-state index contributed by atoms with van der Waals surface area (Å²) in [4.78, 5) is 0. The van der Waals surface area contributed by atoms with E-state index in [0.717, 1.165) is 17.5 Å². The molecule has 0 fully saturated rings. The molecule has 2 atom stereocenters. The van der Waals surface area contributed by atoms with E-state index in [2.05, 4.69) is 69.0 Å². The van der Waals surface area contributed by atoms with E-state index < -0.39 is 0 Å². The zero-order valence-electron chi connectivity index (χ0n) is 13.6.